The summed E-state index contributed by atoms with van der Waals surface area (Å²) in [5.74, 6) is 2.41. The molecule has 2 atom stereocenters. The molecule has 0 heterocycles. The van der Waals surface area contributed by atoms with Crippen molar-refractivity contribution in [2.24, 2.45) is 16.8 Å². The highest BCUT2D eigenvalue weighted by molar-refractivity contribution is 5.80. The quantitative estimate of drug-likeness (QED) is 0.547. The van der Waals surface area contributed by atoms with Gasteiger partial charge in [0.25, 0.3) is 0 Å². The molecular weight excluding hydrogens is 236 g/mol. The van der Waals surface area contributed by atoms with Crippen LogP contribution in [-0.4, -0.2) is 50.1 Å². The van der Waals surface area contributed by atoms with E-state index in [0.29, 0.717) is 18.0 Å². The van der Waals surface area contributed by atoms with E-state index in [4.69, 9.17) is 4.99 Å². The van der Waals surface area contributed by atoms with Gasteiger partial charge in [0.1, 0.15) is 0 Å². The highest BCUT2D eigenvalue weighted by atomic mass is 15.2. The summed E-state index contributed by atoms with van der Waals surface area (Å²) in [5.41, 5.74) is 0. The zero-order valence-electron chi connectivity index (χ0n) is 13.5. The summed E-state index contributed by atoms with van der Waals surface area (Å²) in [4.78, 5) is 7.09. The Kier molecular flexibility index (Phi) is 6.63. The molecule has 19 heavy (non-hydrogen) atoms. The molecule has 0 amide bonds. The van der Waals surface area contributed by atoms with Gasteiger partial charge in [-0.15, -0.1) is 0 Å². The van der Waals surface area contributed by atoms with Crippen molar-refractivity contribution in [2.45, 2.75) is 52.6 Å². The summed E-state index contributed by atoms with van der Waals surface area (Å²) in [6.45, 7) is 10.6. The van der Waals surface area contributed by atoms with Gasteiger partial charge < -0.3 is 15.5 Å². The van der Waals surface area contributed by atoms with Crippen LogP contribution in [0.25, 0.3) is 0 Å². The van der Waals surface area contributed by atoms with Gasteiger partial charge in [-0.05, 0) is 52.6 Å². The van der Waals surface area contributed by atoms with Crippen molar-refractivity contribution < 1.29 is 0 Å². The smallest absolute Gasteiger partial charge is 0.191 e. The van der Waals surface area contributed by atoms with E-state index >= 15 is 0 Å². The molecular formula is C15H32N4. The van der Waals surface area contributed by atoms with Gasteiger partial charge in [-0.25, -0.2) is 0 Å². The molecule has 1 aliphatic rings. The van der Waals surface area contributed by atoms with Gasteiger partial charge in [0.2, 0.25) is 0 Å². The molecule has 1 aliphatic carbocycles. The Balaban J connectivity index is 2.55. The molecule has 1 fully saturated rings. The lowest BCUT2D eigenvalue weighted by molar-refractivity contribution is 0.271. The van der Waals surface area contributed by atoms with Gasteiger partial charge in [0.05, 0.1) is 6.54 Å². The lowest BCUT2D eigenvalue weighted by Crippen LogP contribution is -2.45. The molecule has 1 saturated carbocycles. The van der Waals surface area contributed by atoms with Gasteiger partial charge in [-0.3, -0.25) is 4.99 Å². The van der Waals surface area contributed by atoms with Gasteiger partial charge >= 0.3 is 0 Å². The lowest BCUT2D eigenvalue weighted by atomic mass is 10.1. The van der Waals surface area contributed by atoms with Crippen molar-refractivity contribution in [3.05, 3.63) is 0 Å². The van der Waals surface area contributed by atoms with Crippen LogP contribution in [0.2, 0.25) is 0 Å². The van der Waals surface area contributed by atoms with Crippen LogP contribution in [0.15, 0.2) is 4.99 Å². The first-order chi connectivity index (χ1) is 8.95. The van der Waals surface area contributed by atoms with E-state index in [-0.39, 0.29) is 0 Å². The Morgan fingerprint density at radius 2 is 1.89 bits per heavy atom. The molecule has 0 aromatic heterocycles. The number of rotatable bonds is 7. The fraction of sp³-hybridized carbons (Fsp3) is 0.933. The van der Waals surface area contributed by atoms with E-state index in [1.54, 1.807) is 0 Å². The minimum atomic E-state index is 0.441. The Labute approximate surface area is 119 Å². The van der Waals surface area contributed by atoms with Crippen molar-refractivity contribution in [2.75, 3.05) is 27.2 Å². The van der Waals surface area contributed by atoms with Gasteiger partial charge in [-0.1, -0.05) is 13.8 Å². The minimum absolute atomic E-state index is 0.441. The molecule has 0 saturated heterocycles. The number of nitrogens with zero attached hydrogens (tertiary/aromatic N) is 2. The molecule has 4 heteroatoms. The topological polar surface area (TPSA) is 39.7 Å². The van der Waals surface area contributed by atoms with Crippen LogP contribution < -0.4 is 10.6 Å². The second kappa shape index (κ2) is 7.73. The van der Waals surface area contributed by atoms with E-state index in [1.807, 2.05) is 0 Å². The number of guanidine groups is 1. The van der Waals surface area contributed by atoms with E-state index in [2.05, 4.69) is 57.3 Å². The van der Waals surface area contributed by atoms with Crippen molar-refractivity contribution in [3.8, 4) is 0 Å². The summed E-state index contributed by atoms with van der Waals surface area (Å²) >= 11 is 0. The van der Waals surface area contributed by atoms with E-state index in [1.165, 1.54) is 12.8 Å². The number of aliphatic imine (C=N–C) groups is 1. The summed E-state index contributed by atoms with van der Waals surface area (Å²) < 4.78 is 0. The Bertz CT molecular complexity index is 280. The van der Waals surface area contributed by atoms with Crippen molar-refractivity contribution in [3.63, 3.8) is 0 Å². The third-order valence-corrected chi connectivity index (χ3v) is 3.97. The Hall–Kier alpha value is -0.770. The lowest BCUT2D eigenvalue weighted by Gasteiger charge is -2.24. The van der Waals surface area contributed by atoms with E-state index < -0.39 is 0 Å². The SMILES string of the molecule is CCNC(=NCC(C1CC1)N(C)C)NC(C)C(C)C. The first-order valence-electron chi connectivity index (χ1n) is 7.67. The van der Waals surface area contributed by atoms with Crippen LogP contribution in [0.5, 0.6) is 0 Å². The van der Waals surface area contributed by atoms with Crippen molar-refractivity contribution in [1.82, 2.24) is 15.5 Å². The zero-order chi connectivity index (χ0) is 14.4. The first kappa shape index (κ1) is 16.3. The van der Waals surface area contributed by atoms with Crippen LogP contribution in [0.1, 0.15) is 40.5 Å². The van der Waals surface area contributed by atoms with Crippen LogP contribution in [0, 0.1) is 11.8 Å². The average molecular weight is 268 g/mol. The molecule has 0 aromatic carbocycles. The minimum Gasteiger partial charge on any atom is -0.357 e. The third-order valence-electron chi connectivity index (χ3n) is 3.97. The van der Waals surface area contributed by atoms with Crippen molar-refractivity contribution in [1.29, 1.82) is 0 Å². The summed E-state index contributed by atoms with van der Waals surface area (Å²) in [6, 6.07) is 1.03. The Morgan fingerprint density at radius 3 is 2.32 bits per heavy atom. The van der Waals surface area contributed by atoms with Crippen LogP contribution in [-0.2, 0) is 0 Å². The summed E-state index contributed by atoms with van der Waals surface area (Å²) in [6.07, 6.45) is 2.73. The summed E-state index contributed by atoms with van der Waals surface area (Å²) in [7, 11) is 4.32. The molecule has 1 rings (SSSR count). The largest absolute Gasteiger partial charge is 0.357 e. The third kappa shape index (κ3) is 5.81. The van der Waals surface area contributed by atoms with E-state index in [9.17, 15) is 0 Å². The molecule has 0 aromatic rings. The highest BCUT2D eigenvalue weighted by Crippen LogP contribution is 2.34. The number of hydrogen-bond donors (Lipinski definition) is 2. The second-order valence-corrected chi connectivity index (χ2v) is 6.27. The fourth-order valence-corrected chi connectivity index (χ4v) is 2.10. The molecule has 0 spiro atoms. The molecule has 2 N–H and O–H groups in total. The normalized spacial score (nSPS) is 19.7. The molecule has 112 valence electrons. The maximum Gasteiger partial charge on any atom is 0.191 e. The van der Waals surface area contributed by atoms with Gasteiger partial charge in [-0.2, -0.15) is 0 Å². The van der Waals surface area contributed by atoms with E-state index in [0.717, 1.165) is 25.0 Å². The standard InChI is InChI=1S/C15H32N4/c1-7-16-15(18-12(4)11(2)3)17-10-14(19(5)6)13-8-9-13/h11-14H,7-10H2,1-6H3,(H2,16,17,18). The molecule has 0 radical (unpaired) electrons. The molecule has 2 unspecified atom stereocenters. The maximum atomic E-state index is 4.77. The van der Waals surface area contributed by atoms with Crippen LogP contribution in [0.3, 0.4) is 0 Å². The van der Waals surface area contributed by atoms with Gasteiger partial charge in [0, 0.05) is 18.6 Å². The first-order valence-corrected chi connectivity index (χ1v) is 7.67. The number of likely N-dealkylation sites (N-methyl/N-ethyl adjacent to an activating group) is 1. The van der Waals surface area contributed by atoms with Crippen LogP contribution >= 0.6 is 0 Å². The van der Waals surface area contributed by atoms with Crippen molar-refractivity contribution >= 4 is 5.96 Å². The molecule has 0 aliphatic heterocycles. The van der Waals surface area contributed by atoms with Gasteiger partial charge in [0.15, 0.2) is 5.96 Å². The van der Waals surface area contributed by atoms with Crippen LogP contribution in [0.4, 0.5) is 0 Å². The number of nitrogens with one attached hydrogen (secondary N) is 2. The second-order valence-electron chi connectivity index (χ2n) is 6.27. The Morgan fingerprint density at radius 1 is 1.26 bits per heavy atom. The predicted molar refractivity (Wildman–Crippen MR) is 83.6 cm³/mol. The maximum absolute atomic E-state index is 4.77. The fourth-order valence-electron chi connectivity index (χ4n) is 2.10. The summed E-state index contributed by atoms with van der Waals surface area (Å²) in [5, 5.41) is 6.83. The average Bonchev–Trinajstić information content (AvgIpc) is 3.13. The molecule has 4 nitrogen and oxygen atoms in total. The predicted octanol–water partition coefficient (Wildman–Crippen LogP) is 1.93. The highest BCUT2D eigenvalue weighted by Gasteiger charge is 2.32. The zero-order valence-corrected chi connectivity index (χ0v) is 13.5. The number of hydrogen-bond acceptors (Lipinski definition) is 2. The molecule has 0 bridgehead atoms. The monoisotopic (exact) mass is 268 g/mol.